The van der Waals surface area contributed by atoms with Crippen molar-refractivity contribution >= 4 is 31.6 Å². The number of amides is 1. The van der Waals surface area contributed by atoms with Crippen molar-refractivity contribution in [3.05, 3.63) is 54.1 Å². The summed E-state index contributed by atoms with van der Waals surface area (Å²) in [5.41, 5.74) is 1.67. The molecule has 170 valence electrons. The van der Waals surface area contributed by atoms with Crippen molar-refractivity contribution in [2.24, 2.45) is 5.92 Å². The summed E-state index contributed by atoms with van der Waals surface area (Å²) in [7, 11) is -7.40. The summed E-state index contributed by atoms with van der Waals surface area (Å²) in [6.45, 7) is 0.982. The first kappa shape index (κ1) is 21.6. The van der Waals surface area contributed by atoms with Crippen LogP contribution in [0.25, 0.3) is 0 Å². The van der Waals surface area contributed by atoms with Crippen LogP contribution in [0.2, 0.25) is 0 Å². The van der Waals surface area contributed by atoms with E-state index in [9.17, 15) is 21.6 Å². The molecule has 8 nitrogen and oxygen atoms in total. The zero-order valence-electron chi connectivity index (χ0n) is 17.6. The fourth-order valence-corrected chi connectivity index (χ4v) is 7.28. The van der Waals surface area contributed by atoms with E-state index in [1.54, 1.807) is 53.4 Å². The summed E-state index contributed by atoms with van der Waals surface area (Å²) in [4.78, 5) is 14.6. The highest BCUT2D eigenvalue weighted by molar-refractivity contribution is 7.89. The van der Waals surface area contributed by atoms with Crippen molar-refractivity contribution in [3.8, 4) is 0 Å². The van der Waals surface area contributed by atoms with Crippen LogP contribution in [-0.2, 0) is 31.3 Å². The molecule has 2 aromatic carbocycles. The third-order valence-corrected chi connectivity index (χ3v) is 10.2. The average molecular weight is 476 g/mol. The molecule has 1 amide bonds. The highest BCUT2D eigenvalue weighted by Crippen LogP contribution is 2.37. The monoisotopic (exact) mass is 475 g/mol. The van der Waals surface area contributed by atoms with E-state index in [0.717, 1.165) is 24.1 Å². The van der Waals surface area contributed by atoms with Crippen molar-refractivity contribution in [1.29, 1.82) is 0 Å². The zero-order valence-corrected chi connectivity index (χ0v) is 19.2. The van der Waals surface area contributed by atoms with Crippen LogP contribution in [0.5, 0.6) is 0 Å². The molecule has 0 radical (unpaired) electrons. The Bertz CT molecular complexity index is 1250. The Kier molecular flexibility index (Phi) is 5.36. The lowest BCUT2D eigenvalue weighted by atomic mass is 10.2. The molecular formula is C22H25N3O5S2. The van der Waals surface area contributed by atoms with Crippen LogP contribution < -0.4 is 4.90 Å². The largest absolute Gasteiger partial charge is 0.312 e. The second-order valence-electron chi connectivity index (χ2n) is 8.43. The smallest absolute Gasteiger partial charge is 0.243 e. The Morgan fingerprint density at radius 2 is 1.34 bits per heavy atom. The maximum Gasteiger partial charge on any atom is 0.243 e. The lowest BCUT2D eigenvalue weighted by Gasteiger charge is -2.33. The van der Waals surface area contributed by atoms with E-state index in [4.69, 9.17) is 0 Å². The molecule has 0 unspecified atom stereocenters. The van der Waals surface area contributed by atoms with Crippen molar-refractivity contribution in [2.75, 3.05) is 37.6 Å². The van der Waals surface area contributed by atoms with Gasteiger partial charge in [-0.15, -0.1) is 0 Å². The fraction of sp³-hybridized carbons (Fsp3) is 0.409. The first-order chi connectivity index (χ1) is 15.3. The van der Waals surface area contributed by atoms with E-state index in [-0.39, 0.29) is 47.8 Å². The van der Waals surface area contributed by atoms with Gasteiger partial charge in [0.1, 0.15) is 0 Å². The molecule has 1 saturated heterocycles. The Labute approximate surface area is 188 Å². The molecular weight excluding hydrogens is 450 g/mol. The van der Waals surface area contributed by atoms with Crippen LogP contribution in [0.1, 0.15) is 18.4 Å². The minimum absolute atomic E-state index is 0.0950. The number of nitrogens with zero attached hydrogens (tertiary/aromatic N) is 3. The molecule has 10 heteroatoms. The number of anilines is 1. The number of hydrogen-bond acceptors (Lipinski definition) is 5. The second kappa shape index (κ2) is 7.95. The van der Waals surface area contributed by atoms with E-state index in [1.807, 2.05) is 0 Å². The standard InChI is InChI=1S/C22H25N3O5S2/c26-22(17-6-7-17)25-11-10-18-16-20(8-9-21(18)25)32(29,30)24-14-12-23(13-15-24)31(27,28)19-4-2-1-3-5-19/h1-5,8-9,16-17H,6-7,10-15H2. The maximum absolute atomic E-state index is 13.2. The molecule has 0 atom stereocenters. The van der Waals surface area contributed by atoms with Gasteiger partial charge in [0, 0.05) is 44.3 Å². The van der Waals surface area contributed by atoms with Gasteiger partial charge in [0.25, 0.3) is 0 Å². The molecule has 0 bridgehead atoms. The summed E-state index contributed by atoms with van der Waals surface area (Å²) in [6, 6.07) is 13.1. The first-order valence-corrected chi connectivity index (χ1v) is 13.7. The lowest BCUT2D eigenvalue weighted by Crippen LogP contribution is -2.50. The van der Waals surface area contributed by atoms with Gasteiger partial charge >= 0.3 is 0 Å². The molecule has 5 rings (SSSR count). The molecule has 0 spiro atoms. The fourth-order valence-electron chi connectivity index (χ4n) is 4.36. The Morgan fingerprint density at radius 1 is 0.750 bits per heavy atom. The van der Waals surface area contributed by atoms with Crippen LogP contribution in [0.15, 0.2) is 58.3 Å². The van der Waals surface area contributed by atoms with Gasteiger partial charge in [0.15, 0.2) is 0 Å². The van der Waals surface area contributed by atoms with Gasteiger partial charge < -0.3 is 4.90 Å². The van der Waals surface area contributed by atoms with Gasteiger partial charge in [-0.05, 0) is 55.2 Å². The molecule has 0 aromatic heterocycles. The number of piperazine rings is 1. The summed E-state index contributed by atoms with van der Waals surface area (Å²) < 4.78 is 54.7. The molecule has 2 aliphatic heterocycles. The van der Waals surface area contributed by atoms with Crippen LogP contribution in [-0.4, -0.2) is 64.1 Å². The van der Waals surface area contributed by atoms with Crippen molar-refractivity contribution < 1.29 is 21.6 Å². The van der Waals surface area contributed by atoms with Crippen LogP contribution in [0.3, 0.4) is 0 Å². The number of carbonyl (C=O) groups excluding carboxylic acids is 1. The van der Waals surface area contributed by atoms with Crippen molar-refractivity contribution in [1.82, 2.24) is 8.61 Å². The minimum Gasteiger partial charge on any atom is -0.312 e. The third kappa shape index (κ3) is 3.75. The van der Waals surface area contributed by atoms with Crippen molar-refractivity contribution in [3.63, 3.8) is 0 Å². The minimum atomic E-state index is -3.75. The van der Waals surface area contributed by atoms with Crippen LogP contribution in [0.4, 0.5) is 5.69 Å². The summed E-state index contributed by atoms with van der Waals surface area (Å²) >= 11 is 0. The predicted octanol–water partition coefficient (Wildman–Crippen LogP) is 1.68. The Morgan fingerprint density at radius 3 is 1.94 bits per heavy atom. The molecule has 2 fully saturated rings. The molecule has 2 aromatic rings. The SMILES string of the molecule is O=C(C1CC1)N1CCc2cc(S(=O)(=O)N3CCN(S(=O)(=O)c4ccccc4)CC3)ccc21. The highest BCUT2D eigenvalue weighted by Gasteiger charge is 2.38. The van der Waals surface area contributed by atoms with Crippen molar-refractivity contribution in [2.45, 2.75) is 29.1 Å². The van der Waals surface area contributed by atoms with E-state index in [2.05, 4.69) is 0 Å². The number of rotatable bonds is 5. The number of carbonyl (C=O) groups is 1. The van der Waals surface area contributed by atoms with Gasteiger partial charge in [-0.25, -0.2) is 16.8 Å². The van der Waals surface area contributed by atoms with Crippen LogP contribution >= 0.6 is 0 Å². The van der Waals surface area contributed by atoms with Gasteiger partial charge in [-0.3, -0.25) is 4.79 Å². The lowest BCUT2D eigenvalue weighted by molar-refractivity contribution is -0.119. The summed E-state index contributed by atoms with van der Waals surface area (Å²) in [6.07, 6.45) is 2.51. The van der Waals surface area contributed by atoms with Gasteiger partial charge in [0.2, 0.25) is 26.0 Å². The number of benzene rings is 2. The maximum atomic E-state index is 13.2. The number of fused-ring (bicyclic) bond motifs is 1. The quantitative estimate of drug-likeness (QED) is 0.656. The Hall–Kier alpha value is -2.27. The van der Waals surface area contributed by atoms with E-state index in [0.29, 0.717) is 13.0 Å². The molecule has 0 N–H and O–H groups in total. The third-order valence-electron chi connectivity index (χ3n) is 6.36. The topological polar surface area (TPSA) is 95.1 Å². The molecule has 1 saturated carbocycles. The summed E-state index contributed by atoms with van der Waals surface area (Å²) in [5, 5.41) is 0. The zero-order chi connectivity index (χ0) is 22.5. The van der Waals surface area contributed by atoms with E-state index >= 15 is 0 Å². The predicted molar refractivity (Wildman–Crippen MR) is 119 cm³/mol. The van der Waals surface area contributed by atoms with Crippen LogP contribution in [0, 0.1) is 5.92 Å². The molecule has 3 aliphatic rings. The average Bonchev–Trinajstić information content (AvgIpc) is 3.58. The van der Waals surface area contributed by atoms with Gasteiger partial charge in [0.05, 0.1) is 9.79 Å². The Balaban J connectivity index is 1.31. The first-order valence-electron chi connectivity index (χ1n) is 10.8. The second-order valence-corrected chi connectivity index (χ2v) is 12.3. The van der Waals surface area contributed by atoms with Gasteiger partial charge in [-0.2, -0.15) is 8.61 Å². The van der Waals surface area contributed by atoms with Gasteiger partial charge in [-0.1, -0.05) is 18.2 Å². The summed E-state index contributed by atoms with van der Waals surface area (Å²) in [5.74, 6) is 0.253. The molecule has 32 heavy (non-hydrogen) atoms. The molecule has 1 aliphatic carbocycles. The molecule has 2 heterocycles. The van der Waals surface area contributed by atoms with E-state index < -0.39 is 20.0 Å². The normalized spacial score (nSPS) is 20.3. The number of sulfonamides is 2. The highest BCUT2D eigenvalue weighted by atomic mass is 32.2. The number of hydrogen-bond donors (Lipinski definition) is 0. The van der Waals surface area contributed by atoms with E-state index in [1.165, 1.54) is 8.61 Å².